The molecule has 1 N–H and O–H groups in total. The van der Waals surface area contributed by atoms with E-state index in [0.717, 1.165) is 17.7 Å². The average molecular weight is 380 g/mol. The number of carbonyl (C=O) groups excluding carboxylic acids is 1. The summed E-state index contributed by atoms with van der Waals surface area (Å²) in [5.41, 5.74) is 1.41. The molecule has 1 amide bonds. The second-order valence-corrected chi connectivity index (χ2v) is 7.13. The minimum Gasteiger partial charge on any atom is -0.497 e. The van der Waals surface area contributed by atoms with Gasteiger partial charge < -0.3 is 19.2 Å². The fourth-order valence-electron chi connectivity index (χ4n) is 2.26. The van der Waals surface area contributed by atoms with Gasteiger partial charge in [-0.1, -0.05) is 0 Å². The number of aromatic nitrogens is 1. The molecule has 142 valence electrons. The molecule has 8 heteroatoms. The zero-order chi connectivity index (χ0) is 18.9. The van der Waals surface area contributed by atoms with Crippen LogP contribution in [0.25, 0.3) is 11.5 Å². The maximum atomic E-state index is 12.2. The van der Waals surface area contributed by atoms with Crippen molar-refractivity contribution in [3.05, 3.63) is 35.7 Å². The SMILES string of the molecule is COCCCNC(=O)C[S@@](=O)Cc1nc(-c2ccc(OC)cc2)oc1C. The molecular formula is C18H24N2O5S. The zero-order valence-electron chi connectivity index (χ0n) is 15.2. The molecule has 1 aromatic carbocycles. The van der Waals surface area contributed by atoms with Crippen molar-refractivity contribution in [2.75, 3.05) is 33.1 Å². The fourth-order valence-corrected chi connectivity index (χ4v) is 3.33. The number of nitrogens with one attached hydrogen (secondary N) is 1. The van der Waals surface area contributed by atoms with E-state index in [1.54, 1.807) is 21.1 Å². The van der Waals surface area contributed by atoms with Crippen molar-refractivity contribution in [1.82, 2.24) is 10.3 Å². The molecule has 0 bridgehead atoms. The fraction of sp³-hybridized carbons (Fsp3) is 0.444. The van der Waals surface area contributed by atoms with Crippen LogP contribution in [0.3, 0.4) is 0 Å². The van der Waals surface area contributed by atoms with Crippen LogP contribution >= 0.6 is 0 Å². The highest BCUT2D eigenvalue weighted by Crippen LogP contribution is 2.24. The third-order valence-electron chi connectivity index (χ3n) is 3.67. The third kappa shape index (κ3) is 5.96. The number of oxazole rings is 1. The van der Waals surface area contributed by atoms with Gasteiger partial charge in [0.1, 0.15) is 17.3 Å². The Kier molecular flexibility index (Phi) is 7.80. The normalized spacial score (nSPS) is 12.0. The number of aryl methyl sites for hydroxylation is 1. The van der Waals surface area contributed by atoms with Gasteiger partial charge in [0, 0.05) is 36.6 Å². The molecule has 26 heavy (non-hydrogen) atoms. The molecular weight excluding hydrogens is 356 g/mol. The highest BCUT2D eigenvalue weighted by molar-refractivity contribution is 7.84. The first-order valence-corrected chi connectivity index (χ1v) is 9.73. The van der Waals surface area contributed by atoms with Crippen molar-refractivity contribution < 1.29 is 22.9 Å². The van der Waals surface area contributed by atoms with E-state index in [1.807, 2.05) is 24.3 Å². The molecule has 0 radical (unpaired) electrons. The Morgan fingerprint density at radius 2 is 2.00 bits per heavy atom. The van der Waals surface area contributed by atoms with E-state index in [-0.39, 0.29) is 17.4 Å². The molecule has 2 rings (SSSR count). The number of benzene rings is 1. The zero-order valence-corrected chi connectivity index (χ0v) is 16.1. The van der Waals surface area contributed by atoms with Crippen molar-refractivity contribution >= 4 is 16.7 Å². The van der Waals surface area contributed by atoms with Crippen LogP contribution in [0.1, 0.15) is 17.9 Å². The van der Waals surface area contributed by atoms with Crippen LogP contribution in [0.5, 0.6) is 5.75 Å². The average Bonchev–Trinajstić information content (AvgIpc) is 2.99. The van der Waals surface area contributed by atoms with Gasteiger partial charge in [-0.05, 0) is 37.6 Å². The molecule has 1 atom stereocenters. The molecule has 0 aliphatic heterocycles. The number of ether oxygens (including phenoxy) is 2. The quantitative estimate of drug-likeness (QED) is 0.635. The standard InChI is InChI=1S/C18H24N2O5S/c1-13-16(11-26(22)12-17(21)19-9-4-10-23-2)20-18(25-13)14-5-7-15(24-3)8-6-14/h5-8H,4,9-12H2,1-3H3,(H,19,21)/t26-/m0/s1. The molecule has 0 aliphatic carbocycles. The molecule has 0 fully saturated rings. The van der Waals surface area contributed by atoms with E-state index in [0.29, 0.717) is 30.5 Å². The lowest BCUT2D eigenvalue weighted by Crippen LogP contribution is -2.30. The minimum absolute atomic E-state index is 0.0584. The van der Waals surface area contributed by atoms with Crippen LogP contribution < -0.4 is 10.1 Å². The summed E-state index contributed by atoms with van der Waals surface area (Å²) in [5.74, 6) is 1.69. The van der Waals surface area contributed by atoms with Gasteiger partial charge in [0.25, 0.3) is 0 Å². The Hall–Kier alpha value is -2.19. The molecule has 0 saturated heterocycles. The first-order valence-electron chi connectivity index (χ1n) is 8.24. The predicted molar refractivity (Wildman–Crippen MR) is 99.4 cm³/mol. The molecule has 0 unspecified atom stereocenters. The Balaban J connectivity index is 1.91. The highest BCUT2D eigenvalue weighted by atomic mass is 32.2. The summed E-state index contributed by atoms with van der Waals surface area (Å²) in [6.07, 6.45) is 0.725. The maximum absolute atomic E-state index is 12.2. The number of carbonyl (C=O) groups is 1. The summed E-state index contributed by atoms with van der Waals surface area (Å²) in [6, 6.07) is 7.33. The number of amides is 1. The minimum atomic E-state index is -1.35. The summed E-state index contributed by atoms with van der Waals surface area (Å²) >= 11 is 0. The van der Waals surface area contributed by atoms with Crippen LogP contribution in [-0.2, 0) is 26.1 Å². The largest absolute Gasteiger partial charge is 0.497 e. The van der Waals surface area contributed by atoms with E-state index in [1.165, 1.54) is 0 Å². The van der Waals surface area contributed by atoms with Crippen molar-refractivity contribution in [3.63, 3.8) is 0 Å². The van der Waals surface area contributed by atoms with Crippen LogP contribution in [-0.4, -0.2) is 48.2 Å². The van der Waals surface area contributed by atoms with E-state index in [2.05, 4.69) is 10.3 Å². The molecule has 2 aromatic rings. The first-order chi connectivity index (χ1) is 12.5. The Bertz CT molecular complexity index is 743. The number of hydrogen-bond acceptors (Lipinski definition) is 6. The van der Waals surface area contributed by atoms with Crippen LogP contribution in [0.15, 0.2) is 28.7 Å². The van der Waals surface area contributed by atoms with E-state index in [9.17, 15) is 9.00 Å². The summed E-state index contributed by atoms with van der Waals surface area (Å²) < 4.78 is 27.9. The summed E-state index contributed by atoms with van der Waals surface area (Å²) in [6.45, 7) is 2.86. The number of nitrogens with zero attached hydrogens (tertiary/aromatic N) is 1. The molecule has 0 spiro atoms. The van der Waals surface area contributed by atoms with Gasteiger partial charge in [-0.25, -0.2) is 4.98 Å². The van der Waals surface area contributed by atoms with Crippen molar-refractivity contribution in [3.8, 4) is 17.2 Å². The van der Waals surface area contributed by atoms with Gasteiger partial charge in [-0.3, -0.25) is 9.00 Å². The van der Waals surface area contributed by atoms with E-state index < -0.39 is 10.8 Å². The third-order valence-corrected chi connectivity index (χ3v) is 4.85. The van der Waals surface area contributed by atoms with Gasteiger partial charge in [-0.15, -0.1) is 0 Å². The monoisotopic (exact) mass is 380 g/mol. The van der Waals surface area contributed by atoms with Gasteiger partial charge in [0.2, 0.25) is 11.8 Å². The highest BCUT2D eigenvalue weighted by Gasteiger charge is 2.16. The Labute approximate surface area is 155 Å². The lowest BCUT2D eigenvalue weighted by molar-refractivity contribution is -0.118. The topological polar surface area (TPSA) is 90.7 Å². The van der Waals surface area contributed by atoms with Crippen molar-refractivity contribution in [2.24, 2.45) is 0 Å². The number of hydrogen-bond donors (Lipinski definition) is 1. The van der Waals surface area contributed by atoms with Crippen molar-refractivity contribution in [2.45, 2.75) is 19.1 Å². The van der Waals surface area contributed by atoms with Crippen LogP contribution in [0.4, 0.5) is 0 Å². The van der Waals surface area contributed by atoms with E-state index in [4.69, 9.17) is 13.9 Å². The molecule has 1 aromatic heterocycles. The lowest BCUT2D eigenvalue weighted by atomic mass is 10.2. The molecule has 0 aliphatic rings. The van der Waals surface area contributed by atoms with Gasteiger partial charge >= 0.3 is 0 Å². The molecule has 7 nitrogen and oxygen atoms in total. The number of methoxy groups -OCH3 is 2. The smallest absolute Gasteiger partial charge is 0.232 e. The van der Waals surface area contributed by atoms with E-state index >= 15 is 0 Å². The summed E-state index contributed by atoms with van der Waals surface area (Å²) in [7, 11) is 1.86. The summed E-state index contributed by atoms with van der Waals surface area (Å²) in [4.78, 5) is 16.2. The van der Waals surface area contributed by atoms with Gasteiger partial charge in [0.15, 0.2) is 0 Å². The van der Waals surface area contributed by atoms with Crippen LogP contribution in [0, 0.1) is 6.92 Å². The molecule has 0 saturated carbocycles. The van der Waals surface area contributed by atoms with Gasteiger partial charge in [0.05, 0.1) is 18.6 Å². The van der Waals surface area contributed by atoms with Crippen molar-refractivity contribution in [1.29, 1.82) is 0 Å². The number of rotatable bonds is 10. The van der Waals surface area contributed by atoms with Crippen LogP contribution in [0.2, 0.25) is 0 Å². The summed E-state index contributed by atoms with van der Waals surface area (Å²) in [5, 5.41) is 2.72. The molecule has 1 heterocycles. The first kappa shape index (κ1) is 20.1. The Morgan fingerprint density at radius 1 is 1.27 bits per heavy atom. The maximum Gasteiger partial charge on any atom is 0.232 e. The second kappa shape index (κ2) is 10.1. The predicted octanol–water partition coefficient (Wildman–Crippen LogP) is 2.06. The lowest BCUT2D eigenvalue weighted by Gasteiger charge is -2.04. The Morgan fingerprint density at radius 3 is 2.65 bits per heavy atom. The van der Waals surface area contributed by atoms with Gasteiger partial charge in [-0.2, -0.15) is 0 Å². The second-order valence-electron chi connectivity index (χ2n) is 5.68.